The summed E-state index contributed by atoms with van der Waals surface area (Å²) < 4.78 is 5.50. The van der Waals surface area contributed by atoms with Gasteiger partial charge in [-0.1, -0.05) is 6.07 Å². The van der Waals surface area contributed by atoms with E-state index in [-0.39, 0.29) is 0 Å². The molecule has 1 aliphatic heterocycles. The molecular formula is C10H13NO. The summed E-state index contributed by atoms with van der Waals surface area (Å²) in [6.45, 7) is 5.93. The maximum absolute atomic E-state index is 5.50. The molecular weight excluding hydrogens is 150 g/mol. The summed E-state index contributed by atoms with van der Waals surface area (Å²) in [6, 6.07) is 4.13. The minimum absolute atomic E-state index is 0.773. The molecule has 1 N–H and O–H groups in total. The van der Waals surface area contributed by atoms with E-state index < -0.39 is 0 Å². The normalized spacial score (nSPS) is 14.5. The molecule has 1 aliphatic rings. The number of benzene rings is 1. The first-order chi connectivity index (χ1) is 5.79. The van der Waals surface area contributed by atoms with E-state index >= 15 is 0 Å². The fraction of sp³-hybridized carbons (Fsp3) is 0.400. The summed E-state index contributed by atoms with van der Waals surface area (Å²) in [6.07, 6.45) is 0. The number of nitrogens with one attached hydrogen (secondary N) is 1. The molecule has 0 atom stereocenters. The van der Waals surface area contributed by atoms with Crippen molar-refractivity contribution in [2.24, 2.45) is 0 Å². The van der Waals surface area contributed by atoms with Crippen LogP contribution in [0.5, 0.6) is 5.75 Å². The second kappa shape index (κ2) is 2.70. The van der Waals surface area contributed by atoms with Crippen LogP contribution < -0.4 is 10.1 Å². The third-order valence-electron chi connectivity index (χ3n) is 2.36. The Bertz CT molecular complexity index is 307. The van der Waals surface area contributed by atoms with Crippen LogP contribution in [0.4, 0.5) is 5.69 Å². The van der Waals surface area contributed by atoms with Gasteiger partial charge in [0.1, 0.15) is 12.4 Å². The Labute approximate surface area is 72.5 Å². The van der Waals surface area contributed by atoms with Crippen molar-refractivity contribution >= 4 is 5.69 Å². The van der Waals surface area contributed by atoms with E-state index in [4.69, 9.17) is 4.74 Å². The molecule has 0 unspecified atom stereocenters. The smallest absolute Gasteiger partial charge is 0.142 e. The molecule has 0 saturated heterocycles. The second-order valence-electron chi connectivity index (χ2n) is 3.16. The largest absolute Gasteiger partial charge is 0.490 e. The Balaban J connectivity index is 2.54. The molecule has 1 heterocycles. The maximum Gasteiger partial charge on any atom is 0.142 e. The van der Waals surface area contributed by atoms with Crippen LogP contribution in [-0.4, -0.2) is 13.2 Å². The minimum atomic E-state index is 0.773. The number of hydrogen-bond acceptors (Lipinski definition) is 2. The number of fused-ring (bicyclic) bond motifs is 1. The zero-order valence-corrected chi connectivity index (χ0v) is 7.48. The van der Waals surface area contributed by atoms with Crippen molar-refractivity contribution in [2.75, 3.05) is 18.5 Å². The van der Waals surface area contributed by atoms with Crippen LogP contribution in [0.25, 0.3) is 0 Å². The maximum atomic E-state index is 5.50. The van der Waals surface area contributed by atoms with Gasteiger partial charge in [-0.25, -0.2) is 0 Å². The molecule has 0 saturated carbocycles. The number of anilines is 1. The molecule has 12 heavy (non-hydrogen) atoms. The van der Waals surface area contributed by atoms with Crippen LogP contribution in [-0.2, 0) is 0 Å². The quantitative estimate of drug-likeness (QED) is 0.632. The standard InChI is InChI=1S/C10H13NO/c1-7-3-4-9-10(8(7)2)11-5-6-12-9/h3-4,11H,5-6H2,1-2H3. The van der Waals surface area contributed by atoms with Crippen LogP contribution in [0, 0.1) is 13.8 Å². The molecule has 0 aromatic heterocycles. The fourth-order valence-corrected chi connectivity index (χ4v) is 1.47. The van der Waals surface area contributed by atoms with Crippen LogP contribution in [0.1, 0.15) is 11.1 Å². The minimum Gasteiger partial charge on any atom is -0.490 e. The zero-order valence-electron chi connectivity index (χ0n) is 7.48. The van der Waals surface area contributed by atoms with E-state index in [1.807, 2.05) is 6.07 Å². The molecule has 2 heteroatoms. The monoisotopic (exact) mass is 163 g/mol. The molecule has 0 fully saturated rings. The van der Waals surface area contributed by atoms with E-state index in [0.29, 0.717) is 0 Å². The van der Waals surface area contributed by atoms with E-state index in [1.54, 1.807) is 0 Å². The Kier molecular flexibility index (Phi) is 1.68. The summed E-state index contributed by atoms with van der Waals surface area (Å²) >= 11 is 0. The van der Waals surface area contributed by atoms with Gasteiger partial charge in [0.05, 0.1) is 5.69 Å². The van der Waals surface area contributed by atoms with Gasteiger partial charge in [-0.15, -0.1) is 0 Å². The van der Waals surface area contributed by atoms with Gasteiger partial charge in [0.2, 0.25) is 0 Å². The van der Waals surface area contributed by atoms with Crippen molar-refractivity contribution in [3.63, 3.8) is 0 Å². The molecule has 0 aliphatic carbocycles. The lowest BCUT2D eigenvalue weighted by molar-refractivity contribution is 0.323. The number of ether oxygens (including phenoxy) is 1. The first kappa shape index (κ1) is 7.47. The summed E-state index contributed by atoms with van der Waals surface area (Å²) in [5.41, 5.74) is 3.78. The van der Waals surface area contributed by atoms with Crippen LogP contribution >= 0.6 is 0 Å². The second-order valence-corrected chi connectivity index (χ2v) is 3.16. The lowest BCUT2D eigenvalue weighted by Crippen LogP contribution is -2.19. The van der Waals surface area contributed by atoms with E-state index in [2.05, 4.69) is 25.2 Å². The predicted octanol–water partition coefficient (Wildman–Crippen LogP) is 2.11. The van der Waals surface area contributed by atoms with Gasteiger partial charge >= 0.3 is 0 Å². The first-order valence-electron chi connectivity index (χ1n) is 4.26. The van der Waals surface area contributed by atoms with Gasteiger partial charge < -0.3 is 10.1 Å². The molecule has 2 rings (SSSR count). The van der Waals surface area contributed by atoms with Crippen LogP contribution in [0.2, 0.25) is 0 Å². The van der Waals surface area contributed by atoms with Crippen molar-refractivity contribution in [2.45, 2.75) is 13.8 Å². The number of rotatable bonds is 0. The van der Waals surface area contributed by atoms with Crippen LogP contribution in [0.15, 0.2) is 12.1 Å². The lowest BCUT2D eigenvalue weighted by atomic mass is 10.1. The molecule has 1 aromatic carbocycles. The van der Waals surface area contributed by atoms with Crippen molar-refractivity contribution in [3.05, 3.63) is 23.3 Å². The third-order valence-corrected chi connectivity index (χ3v) is 2.36. The summed E-state index contributed by atoms with van der Waals surface area (Å²) in [4.78, 5) is 0. The molecule has 0 spiro atoms. The van der Waals surface area contributed by atoms with Gasteiger partial charge in [-0.3, -0.25) is 0 Å². The highest BCUT2D eigenvalue weighted by molar-refractivity contribution is 5.64. The third kappa shape index (κ3) is 1.04. The SMILES string of the molecule is Cc1ccc2c(c1C)NCCO2. The Morgan fingerprint density at radius 3 is 3.00 bits per heavy atom. The highest BCUT2D eigenvalue weighted by Crippen LogP contribution is 2.31. The molecule has 64 valence electrons. The van der Waals surface area contributed by atoms with Gasteiger partial charge in [0.25, 0.3) is 0 Å². The highest BCUT2D eigenvalue weighted by atomic mass is 16.5. The Morgan fingerprint density at radius 1 is 1.33 bits per heavy atom. The average Bonchev–Trinajstić information content (AvgIpc) is 2.12. The van der Waals surface area contributed by atoms with Crippen molar-refractivity contribution in [1.29, 1.82) is 0 Å². The van der Waals surface area contributed by atoms with Crippen molar-refractivity contribution in [1.82, 2.24) is 0 Å². The summed E-state index contributed by atoms with van der Waals surface area (Å²) in [5.74, 6) is 0.990. The van der Waals surface area contributed by atoms with E-state index in [1.165, 1.54) is 16.8 Å². The fourth-order valence-electron chi connectivity index (χ4n) is 1.47. The van der Waals surface area contributed by atoms with E-state index in [0.717, 1.165) is 18.9 Å². The van der Waals surface area contributed by atoms with Crippen molar-refractivity contribution in [3.8, 4) is 5.75 Å². The highest BCUT2D eigenvalue weighted by Gasteiger charge is 2.12. The predicted molar refractivity (Wildman–Crippen MR) is 49.9 cm³/mol. The first-order valence-corrected chi connectivity index (χ1v) is 4.26. The topological polar surface area (TPSA) is 21.3 Å². The number of aryl methyl sites for hydroxylation is 1. The van der Waals surface area contributed by atoms with Crippen molar-refractivity contribution < 1.29 is 4.74 Å². The van der Waals surface area contributed by atoms with Gasteiger partial charge in [0, 0.05) is 6.54 Å². The average molecular weight is 163 g/mol. The lowest BCUT2D eigenvalue weighted by Gasteiger charge is -2.21. The molecule has 0 amide bonds. The summed E-state index contributed by atoms with van der Waals surface area (Å²) in [5, 5.41) is 3.35. The Hall–Kier alpha value is -1.18. The molecule has 0 radical (unpaired) electrons. The van der Waals surface area contributed by atoms with Gasteiger partial charge in [-0.2, -0.15) is 0 Å². The zero-order chi connectivity index (χ0) is 8.55. The molecule has 2 nitrogen and oxygen atoms in total. The Morgan fingerprint density at radius 2 is 2.17 bits per heavy atom. The van der Waals surface area contributed by atoms with Gasteiger partial charge in [-0.05, 0) is 31.0 Å². The molecule has 0 bridgehead atoms. The number of hydrogen-bond donors (Lipinski definition) is 1. The van der Waals surface area contributed by atoms with Gasteiger partial charge in [0.15, 0.2) is 0 Å². The van der Waals surface area contributed by atoms with E-state index in [9.17, 15) is 0 Å². The summed E-state index contributed by atoms with van der Waals surface area (Å²) in [7, 11) is 0. The van der Waals surface area contributed by atoms with Crippen LogP contribution in [0.3, 0.4) is 0 Å². The molecule has 1 aromatic rings.